The van der Waals surface area contributed by atoms with E-state index in [1.54, 1.807) is 21.7 Å². The number of hydrogen-bond acceptors (Lipinski definition) is 3. The summed E-state index contributed by atoms with van der Waals surface area (Å²) in [6.07, 6.45) is 2.61. The van der Waals surface area contributed by atoms with Gasteiger partial charge in [0.05, 0.1) is 6.54 Å². The van der Waals surface area contributed by atoms with Gasteiger partial charge >= 0.3 is 6.03 Å². The van der Waals surface area contributed by atoms with Gasteiger partial charge in [-0.15, -0.1) is 0 Å². The van der Waals surface area contributed by atoms with Crippen LogP contribution in [0.25, 0.3) is 11.4 Å². The zero-order valence-electron chi connectivity index (χ0n) is 13.7. The number of aryl methyl sites for hydroxylation is 1. The van der Waals surface area contributed by atoms with Gasteiger partial charge in [0, 0.05) is 48.2 Å². The molecule has 0 saturated carbocycles. The third-order valence-electron chi connectivity index (χ3n) is 4.25. The molecule has 25 heavy (non-hydrogen) atoms. The Morgan fingerprint density at radius 1 is 1.36 bits per heavy atom. The number of carbonyl (C=O) groups is 1. The summed E-state index contributed by atoms with van der Waals surface area (Å²) in [6, 6.07) is 8.89. The molecule has 3 heterocycles. The molecule has 7 nitrogen and oxygen atoms in total. The van der Waals surface area contributed by atoms with Crippen LogP contribution >= 0.6 is 11.6 Å². The Morgan fingerprint density at radius 2 is 2.24 bits per heavy atom. The molecule has 0 saturated heterocycles. The molecule has 0 atom stereocenters. The van der Waals surface area contributed by atoms with Crippen molar-refractivity contribution in [3.63, 3.8) is 0 Å². The van der Waals surface area contributed by atoms with E-state index in [0.717, 1.165) is 29.1 Å². The fraction of sp³-hybridized carbons (Fsp3) is 0.235. The Kier molecular flexibility index (Phi) is 3.93. The second-order valence-electron chi connectivity index (χ2n) is 6.02. The van der Waals surface area contributed by atoms with Gasteiger partial charge in [-0.25, -0.2) is 4.79 Å². The zero-order chi connectivity index (χ0) is 17.4. The smallest absolute Gasteiger partial charge is 0.320 e. The first-order valence-corrected chi connectivity index (χ1v) is 8.35. The largest absolute Gasteiger partial charge is 0.322 e. The second kappa shape index (κ2) is 6.25. The van der Waals surface area contributed by atoms with Crippen molar-refractivity contribution in [1.29, 1.82) is 0 Å². The van der Waals surface area contributed by atoms with E-state index in [1.165, 1.54) is 0 Å². The van der Waals surface area contributed by atoms with Crippen LogP contribution in [-0.4, -0.2) is 37.5 Å². The number of benzene rings is 1. The Labute approximate surface area is 149 Å². The number of rotatable bonds is 2. The average Bonchev–Trinajstić information content (AvgIpc) is 3.20. The van der Waals surface area contributed by atoms with Gasteiger partial charge in [0.1, 0.15) is 11.4 Å². The van der Waals surface area contributed by atoms with Gasteiger partial charge < -0.3 is 10.2 Å². The van der Waals surface area contributed by atoms with Crippen molar-refractivity contribution < 1.29 is 4.79 Å². The number of nitrogens with zero attached hydrogens (tertiary/aromatic N) is 4. The predicted molar refractivity (Wildman–Crippen MR) is 95.4 cm³/mol. The third kappa shape index (κ3) is 3.10. The van der Waals surface area contributed by atoms with Crippen LogP contribution in [0, 0.1) is 0 Å². The predicted octanol–water partition coefficient (Wildman–Crippen LogP) is 3.05. The number of amides is 2. The van der Waals surface area contributed by atoms with Crippen LogP contribution in [-0.2, 0) is 20.0 Å². The van der Waals surface area contributed by atoms with E-state index in [0.29, 0.717) is 23.8 Å². The van der Waals surface area contributed by atoms with Crippen molar-refractivity contribution >= 4 is 23.3 Å². The van der Waals surface area contributed by atoms with Gasteiger partial charge in [-0.2, -0.15) is 10.2 Å². The molecule has 1 aliphatic heterocycles. The summed E-state index contributed by atoms with van der Waals surface area (Å²) < 4.78 is 1.74. The molecule has 2 N–H and O–H groups in total. The van der Waals surface area contributed by atoms with Gasteiger partial charge in [-0.3, -0.25) is 9.78 Å². The van der Waals surface area contributed by atoms with Crippen molar-refractivity contribution in [1.82, 2.24) is 24.9 Å². The molecule has 8 heteroatoms. The van der Waals surface area contributed by atoms with E-state index in [4.69, 9.17) is 11.6 Å². The molecule has 128 valence electrons. The number of anilines is 1. The monoisotopic (exact) mass is 356 g/mol. The number of fused-ring (bicyclic) bond motifs is 1. The van der Waals surface area contributed by atoms with Gasteiger partial charge in [-0.1, -0.05) is 17.7 Å². The normalized spacial score (nSPS) is 13.6. The first-order chi connectivity index (χ1) is 12.1. The van der Waals surface area contributed by atoms with E-state index < -0.39 is 0 Å². The molecular formula is C17H17ClN6O. The number of halogens is 1. The first kappa shape index (κ1) is 15.7. The standard InChI is InChI=1S/C17H17ClN6O/c1-23-7-5-15(22-23)16-13-10-24(8-6-14(13)20-21-16)17(25)19-12-4-2-3-11(18)9-12/h2-5,7,9H,6,8,10H2,1H3,(H,19,25)(H,20,21). The van der Waals surface area contributed by atoms with Crippen molar-refractivity contribution in [3.05, 3.63) is 52.8 Å². The van der Waals surface area contributed by atoms with Crippen LogP contribution < -0.4 is 5.32 Å². The quantitative estimate of drug-likeness (QED) is 0.740. The van der Waals surface area contributed by atoms with Gasteiger partial charge in [0.2, 0.25) is 0 Å². The van der Waals surface area contributed by atoms with Crippen LogP contribution in [0.15, 0.2) is 36.5 Å². The van der Waals surface area contributed by atoms with E-state index >= 15 is 0 Å². The van der Waals surface area contributed by atoms with E-state index in [2.05, 4.69) is 20.6 Å². The maximum atomic E-state index is 12.6. The minimum Gasteiger partial charge on any atom is -0.320 e. The number of aromatic nitrogens is 4. The highest BCUT2D eigenvalue weighted by Gasteiger charge is 2.26. The molecule has 4 rings (SSSR count). The van der Waals surface area contributed by atoms with Crippen LogP contribution in [0.5, 0.6) is 0 Å². The van der Waals surface area contributed by atoms with Crippen molar-refractivity contribution in [2.24, 2.45) is 7.05 Å². The SMILES string of the molecule is Cn1ccc(-c2n[nH]c3c2CN(C(=O)Nc2cccc(Cl)c2)CC3)n1. The van der Waals surface area contributed by atoms with Gasteiger partial charge in [-0.05, 0) is 24.3 Å². The summed E-state index contributed by atoms with van der Waals surface area (Å²) in [4.78, 5) is 14.4. The summed E-state index contributed by atoms with van der Waals surface area (Å²) in [6.45, 7) is 1.12. The van der Waals surface area contributed by atoms with E-state index in [9.17, 15) is 4.79 Å². The number of nitrogens with one attached hydrogen (secondary N) is 2. The van der Waals surface area contributed by atoms with Crippen molar-refractivity contribution in [2.75, 3.05) is 11.9 Å². The lowest BCUT2D eigenvalue weighted by molar-refractivity contribution is 0.206. The van der Waals surface area contributed by atoms with E-state index in [1.807, 2.05) is 31.4 Å². The maximum absolute atomic E-state index is 12.6. The van der Waals surface area contributed by atoms with Crippen molar-refractivity contribution in [3.8, 4) is 11.4 Å². The minimum absolute atomic E-state index is 0.152. The lowest BCUT2D eigenvalue weighted by Crippen LogP contribution is -2.38. The molecule has 2 aromatic heterocycles. The summed E-state index contributed by atoms with van der Waals surface area (Å²) in [5.74, 6) is 0. The van der Waals surface area contributed by atoms with Crippen LogP contribution in [0.4, 0.5) is 10.5 Å². The van der Waals surface area contributed by atoms with E-state index in [-0.39, 0.29) is 6.03 Å². The Bertz CT molecular complexity index is 931. The number of hydrogen-bond donors (Lipinski definition) is 2. The highest BCUT2D eigenvalue weighted by Crippen LogP contribution is 2.27. The van der Waals surface area contributed by atoms with Crippen molar-refractivity contribution in [2.45, 2.75) is 13.0 Å². The number of carbonyl (C=O) groups excluding carboxylic acids is 1. The van der Waals surface area contributed by atoms with Crippen LogP contribution in [0.1, 0.15) is 11.3 Å². The third-order valence-corrected chi connectivity index (χ3v) is 4.49. The Balaban J connectivity index is 1.54. The summed E-state index contributed by atoms with van der Waals surface area (Å²) in [7, 11) is 1.87. The zero-order valence-corrected chi connectivity index (χ0v) is 14.4. The first-order valence-electron chi connectivity index (χ1n) is 7.98. The van der Waals surface area contributed by atoms with Crippen LogP contribution in [0.2, 0.25) is 5.02 Å². The molecule has 0 fully saturated rings. The lowest BCUT2D eigenvalue weighted by atomic mass is 10.0. The Morgan fingerprint density at radius 3 is 3.00 bits per heavy atom. The summed E-state index contributed by atoms with van der Waals surface area (Å²) in [5, 5.41) is 15.4. The van der Waals surface area contributed by atoms with Gasteiger partial charge in [0.15, 0.2) is 0 Å². The molecule has 0 spiro atoms. The Hall–Kier alpha value is -2.80. The van der Waals surface area contributed by atoms with Crippen LogP contribution in [0.3, 0.4) is 0 Å². The number of H-pyrrole nitrogens is 1. The second-order valence-corrected chi connectivity index (χ2v) is 6.45. The highest BCUT2D eigenvalue weighted by molar-refractivity contribution is 6.30. The summed E-state index contributed by atoms with van der Waals surface area (Å²) >= 11 is 5.97. The molecule has 1 aromatic carbocycles. The highest BCUT2D eigenvalue weighted by atomic mass is 35.5. The fourth-order valence-corrected chi connectivity index (χ4v) is 3.18. The maximum Gasteiger partial charge on any atom is 0.322 e. The number of aromatic amines is 1. The molecule has 0 aliphatic carbocycles. The average molecular weight is 357 g/mol. The fourth-order valence-electron chi connectivity index (χ4n) is 2.99. The minimum atomic E-state index is -0.152. The molecular weight excluding hydrogens is 340 g/mol. The summed E-state index contributed by atoms with van der Waals surface area (Å²) in [5.41, 5.74) is 4.37. The van der Waals surface area contributed by atoms with Gasteiger partial charge in [0.25, 0.3) is 0 Å². The molecule has 0 radical (unpaired) electrons. The number of urea groups is 1. The molecule has 1 aliphatic rings. The molecule has 0 unspecified atom stereocenters. The molecule has 2 amide bonds. The lowest BCUT2D eigenvalue weighted by Gasteiger charge is -2.27. The molecule has 0 bridgehead atoms. The molecule has 3 aromatic rings. The topological polar surface area (TPSA) is 78.8 Å².